The molecule has 1 aromatic rings. The number of hydrogen-bond donors (Lipinski definition) is 1. The van der Waals surface area contributed by atoms with Gasteiger partial charge >= 0.3 is 5.97 Å². The molecule has 0 aliphatic heterocycles. The number of carboxylic acids is 1. The number of rotatable bonds is 5. The van der Waals surface area contributed by atoms with E-state index >= 15 is 0 Å². The number of aromatic carboxylic acids is 1. The van der Waals surface area contributed by atoms with Gasteiger partial charge < -0.3 is 5.11 Å². The molecule has 1 heterocycles. The van der Waals surface area contributed by atoms with Crippen molar-refractivity contribution in [2.24, 2.45) is 17.8 Å². The summed E-state index contributed by atoms with van der Waals surface area (Å²) in [5.74, 6) is 0.660. The van der Waals surface area contributed by atoms with E-state index in [1.165, 1.54) is 35.0 Å². The zero-order valence-corrected chi connectivity index (χ0v) is 13.5. The molecule has 2 saturated carbocycles. The molecule has 0 spiro atoms. The zero-order chi connectivity index (χ0) is 15.2. The maximum atomic E-state index is 12.6. The molecule has 0 amide bonds. The smallest absolute Gasteiger partial charge is 0.347 e. The van der Waals surface area contributed by atoms with E-state index in [1.807, 2.05) is 0 Å². The second kappa shape index (κ2) is 5.37. The Morgan fingerprint density at radius 3 is 2.76 bits per heavy atom. The number of carbonyl (C=O) groups is 1. The van der Waals surface area contributed by atoms with Crippen LogP contribution in [-0.2, 0) is 10.0 Å². The molecule has 21 heavy (non-hydrogen) atoms. The SMILES string of the molecule is CN(CC1CC2CCC1C2)S(=O)(=O)c1ccsc1C(=O)O. The van der Waals surface area contributed by atoms with Crippen molar-refractivity contribution in [3.63, 3.8) is 0 Å². The third-order valence-corrected chi connectivity index (χ3v) is 7.79. The van der Waals surface area contributed by atoms with Crippen LogP contribution in [0.1, 0.15) is 35.4 Å². The molecule has 5 nitrogen and oxygen atoms in total. The third kappa shape index (κ3) is 2.62. The molecule has 1 aromatic heterocycles. The molecule has 2 bridgehead atoms. The number of hydrogen-bond acceptors (Lipinski definition) is 4. The molecule has 0 aromatic carbocycles. The molecule has 2 aliphatic carbocycles. The van der Waals surface area contributed by atoms with Gasteiger partial charge in [0.15, 0.2) is 0 Å². The predicted octanol–water partition coefficient (Wildman–Crippen LogP) is 2.50. The molecule has 3 unspecified atom stereocenters. The van der Waals surface area contributed by atoms with Gasteiger partial charge in [-0.3, -0.25) is 0 Å². The summed E-state index contributed by atoms with van der Waals surface area (Å²) in [6.07, 6.45) is 4.84. The Labute approximate surface area is 128 Å². The summed E-state index contributed by atoms with van der Waals surface area (Å²) < 4.78 is 26.5. The van der Waals surface area contributed by atoms with Crippen LogP contribution < -0.4 is 0 Å². The Morgan fingerprint density at radius 1 is 1.43 bits per heavy atom. The van der Waals surface area contributed by atoms with Crippen molar-refractivity contribution in [1.82, 2.24) is 4.31 Å². The van der Waals surface area contributed by atoms with Crippen LogP contribution >= 0.6 is 11.3 Å². The fourth-order valence-electron chi connectivity index (χ4n) is 3.85. The van der Waals surface area contributed by atoms with Gasteiger partial charge in [0.1, 0.15) is 9.77 Å². The highest BCUT2D eigenvalue weighted by Crippen LogP contribution is 2.48. The van der Waals surface area contributed by atoms with Crippen molar-refractivity contribution >= 4 is 27.3 Å². The topological polar surface area (TPSA) is 74.7 Å². The summed E-state index contributed by atoms with van der Waals surface area (Å²) in [5, 5.41) is 10.6. The first kappa shape index (κ1) is 15.0. The minimum absolute atomic E-state index is 0.0781. The van der Waals surface area contributed by atoms with Gasteiger partial charge in [0.05, 0.1) is 0 Å². The van der Waals surface area contributed by atoms with E-state index in [-0.39, 0.29) is 9.77 Å². The van der Waals surface area contributed by atoms with E-state index in [2.05, 4.69) is 0 Å². The van der Waals surface area contributed by atoms with Crippen LogP contribution in [0.5, 0.6) is 0 Å². The van der Waals surface area contributed by atoms with Crippen molar-refractivity contribution in [1.29, 1.82) is 0 Å². The highest BCUT2D eigenvalue weighted by Gasteiger charge is 2.41. The van der Waals surface area contributed by atoms with Gasteiger partial charge in [0.2, 0.25) is 10.0 Å². The van der Waals surface area contributed by atoms with Crippen LogP contribution in [0, 0.1) is 17.8 Å². The fraction of sp³-hybridized carbons (Fsp3) is 0.643. The van der Waals surface area contributed by atoms with E-state index in [9.17, 15) is 13.2 Å². The summed E-state index contributed by atoms with van der Waals surface area (Å²) in [5.41, 5.74) is 0. The number of fused-ring (bicyclic) bond motifs is 2. The summed E-state index contributed by atoms with van der Waals surface area (Å²) in [4.78, 5) is 10.9. The molecule has 3 rings (SSSR count). The lowest BCUT2D eigenvalue weighted by molar-refractivity contribution is 0.0698. The van der Waals surface area contributed by atoms with Crippen molar-refractivity contribution in [2.75, 3.05) is 13.6 Å². The Hall–Kier alpha value is -0.920. The molecule has 3 atom stereocenters. The monoisotopic (exact) mass is 329 g/mol. The molecule has 2 aliphatic rings. The second-order valence-electron chi connectivity index (χ2n) is 6.14. The van der Waals surface area contributed by atoms with Crippen LogP contribution in [0.3, 0.4) is 0 Å². The van der Waals surface area contributed by atoms with Crippen LogP contribution in [0.4, 0.5) is 0 Å². The van der Waals surface area contributed by atoms with Crippen molar-refractivity contribution in [3.8, 4) is 0 Å². The lowest BCUT2D eigenvalue weighted by Gasteiger charge is -2.26. The molecule has 7 heteroatoms. The average molecular weight is 329 g/mol. The van der Waals surface area contributed by atoms with Crippen LogP contribution in [-0.4, -0.2) is 37.4 Å². The van der Waals surface area contributed by atoms with Crippen LogP contribution in [0.25, 0.3) is 0 Å². The summed E-state index contributed by atoms with van der Waals surface area (Å²) in [7, 11) is -2.15. The average Bonchev–Trinajstić information content (AvgIpc) is 3.14. The highest BCUT2D eigenvalue weighted by atomic mass is 32.2. The van der Waals surface area contributed by atoms with Crippen molar-refractivity contribution in [3.05, 3.63) is 16.3 Å². The van der Waals surface area contributed by atoms with Crippen molar-refractivity contribution < 1.29 is 18.3 Å². The first-order chi connectivity index (χ1) is 9.89. The van der Waals surface area contributed by atoms with Gasteiger partial charge in [-0.2, -0.15) is 0 Å². The largest absolute Gasteiger partial charge is 0.477 e. The van der Waals surface area contributed by atoms with Gasteiger partial charge in [0.25, 0.3) is 0 Å². The van der Waals surface area contributed by atoms with Gasteiger partial charge in [-0.05, 0) is 48.5 Å². The number of sulfonamides is 1. The standard InChI is InChI=1S/C14H19NO4S2/c1-15(8-11-7-9-2-3-10(11)6-9)21(18,19)12-4-5-20-13(12)14(16)17/h4-5,9-11H,2-3,6-8H2,1H3,(H,16,17). The lowest BCUT2D eigenvalue weighted by atomic mass is 9.89. The minimum atomic E-state index is -3.71. The Balaban J connectivity index is 1.78. The number of thiophene rings is 1. The molecule has 0 radical (unpaired) electrons. The first-order valence-electron chi connectivity index (χ1n) is 7.16. The summed E-state index contributed by atoms with van der Waals surface area (Å²) in [6.45, 7) is 0.498. The molecular formula is C14H19NO4S2. The third-order valence-electron chi connectivity index (χ3n) is 4.89. The van der Waals surface area contributed by atoms with E-state index in [4.69, 9.17) is 5.11 Å². The lowest BCUT2D eigenvalue weighted by Crippen LogP contribution is -2.34. The van der Waals surface area contributed by atoms with E-state index < -0.39 is 16.0 Å². The number of carboxylic acid groups (broad SMARTS) is 1. The Bertz CT molecular complexity index is 652. The highest BCUT2D eigenvalue weighted by molar-refractivity contribution is 7.89. The van der Waals surface area contributed by atoms with Gasteiger partial charge in [-0.25, -0.2) is 17.5 Å². The Morgan fingerprint density at radius 2 is 2.19 bits per heavy atom. The molecule has 2 fully saturated rings. The molecule has 0 saturated heterocycles. The first-order valence-corrected chi connectivity index (χ1v) is 9.48. The maximum absolute atomic E-state index is 12.6. The molecular weight excluding hydrogens is 310 g/mol. The zero-order valence-electron chi connectivity index (χ0n) is 11.9. The van der Waals surface area contributed by atoms with Crippen molar-refractivity contribution in [2.45, 2.75) is 30.6 Å². The quantitative estimate of drug-likeness (QED) is 0.900. The van der Waals surface area contributed by atoms with Gasteiger partial charge in [-0.1, -0.05) is 6.42 Å². The summed E-state index contributed by atoms with van der Waals surface area (Å²) in [6, 6.07) is 1.39. The second-order valence-corrected chi connectivity index (χ2v) is 9.07. The summed E-state index contributed by atoms with van der Waals surface area (Å²) >= 11 is 0.951. The van der Waals surface area contributed by atoms with E-state index in [0.717, 1.165) is 23.7 Å². The van der Waals surface area contributed by atoms with E-state index in [1.54, 1.807) is 7.05 Å². The van der Waals surface area contributed by atoms with Gasteiger partial charge in [0, 0.05) is 13.6 Å². The Kier molecular flexibility index (Phi) is 3.83. The maximum Gasteiger partial charge on any atom is 0.347 e. The van der Waals surface area contributed by atoms with E-state index in [0.29, 0.717) is 18.4 Å². The number of nitrogens with zero attached hydrogens (tertiary/aromatic N) is 1. The molecule has 116 valence electrons. The predicted molar refractivity (Wildman–Crippen MR) is 80.0 cm³/mol. The minimum Gasteiger partial charge on any atom is -0.477 e. The normalized spacial score (nSPS) is 28.4. The van der Waals surface area contributed by atoms with Crippen LogP contribution in [0.2, 0.25) is 0 Å². The fourth-order valence-corrected chi connectivity index (χ4v) is 6.31. The molecule has 1 N–H and O–H groups in total. The van der Waals surface area contributed by atoms with Gasteiger partial charge in [-0.15, -0.1) is 11.3 Å². The van der Waals surface area contributed by atoms with Crippen LogP contribution in [0.15, 0.2) is 16.3 Å².